The number of carbonyl (C=O) groups excluding carboxylic acids is 1. The lowest BCUT2D eigenvalue weighted by Crippen LogP contribution is -2.14. The van der Waals surface area contributed by atoms with Gasteiger partial charge in [0.05, 0.1) is 30.6 Å². The van der Waals surface area contributed by atoms with Gasteiger partial charge in [0.1, 0.15) is 6.07 Å². The Kier molecular flexibility index (Phi) is 6.59. The summed E-state index contributed by atoms with van der Waals surface area (Å²) in [5.74, 6) is 1.21. The van der Waals surface area contributed by atoms with Crippen molar-refractivity contribution in [1.29, 1.82) is 5.26 Å². The summed E-state index contributed by atoms with van der Waals surface area (Å²) >= 11 is 7.06. The Morgan fingerprint density at radius 3 is 2.69 bits per heavy atom. The number of nitriles is 1. The zero-order chi connectivity index (χ0) is 20.8. The first-order valence-electron chi connectivity index (χ1n) is 8.22. The van der Waals surface area contributed by atoms with Gasteiger partial charge in [-0.25, -0.2) is 0 Å². The highest BCUT2D eigenvalue weighted by atomic mass is 35.5. The van der Waals surface area contributed by atoms with Crippen LogP contribution in [-0.4, -0.2) is 36.1 Å². The number of benzene rings is 2. The van der Waals surface area contributed by atoms with E-state index in [1.165, 1.54) is 13.2 Å². The molecule has 8 nitrogen and oxygen atoms in total. The van der Waals surface area contributed by atoms with Crippen molar-refractivity contribution in [1.82, 2.24) is 10.2 Å². The Balaban J connectivity index is 1.61. The van der Waals surface area contributed by atoms with Gasteiger partial charge in [0.15, 0.2) is 11.5 Å². The average molecular weight is 431 g/mol. The summed E-state index contributed by atoms with van der Waals surface area (Å²) in [6.45, 7) is 0. The molecule has 3 aromatic rings. The summed E-state index contributed by atoms with van der Waals surface area (Å²) in [6, 6.07) is 11.9. The van der Waals surface area contributed by atoms with Crippen molar-refractivity contribution in [3.05, 3.63) is 47.0 Å². The van der Waals surface area contributed by atoms with Gasteiger partial charge >= 0.3 is 0 Å². The highest BCUT2D eigenvalue weighted by molar-refractivity contribution is 7.99. The molecule has 29 heavy (non-hydrogen) atoms. The Morgan fingerprint density at radius 2 is 2.00 bits per heavy atom. The first kappa shape index (κ1) is 20.5. The predicted molar refractivity (Wildman–Crippen MR) is 108 cm³/mol. The summed E-state index contributed by atoms with van der Waals surface area (Å²) in [7, 11) is 3.09. The number of amides is 1. The highest BCUT2D eigenvalue weighted by Crippen LogP contribution is 2.32. The molecule has 0 saturated heterocycles. The third-order valence-electron chi connectivity index (χ3n) is 3.74. The molecule has 0 spiro atoms. The predicted octanol–water partition coefficient (Wildman–Crippen LogP) is 4.01. The topological polar surface area (TPSA) is 110 Å². The normalized spacial score (nSPS) is 10.3. The van der Waals surface area contributed by atoms with Crippen molar-refractivity contribution in [3.63, 3.8) is 0 Å². The van der Waals surface area contributed by atoms with Crippen molar-refractivity contribution in [3.8, 4) is 29.0 Å². The largest absolute Gasteiger partial charge is 0.493 e. The number of carbonyl (C=O) groups is 1. The number of anilines is 1. The van der Waals surface area contributed by atoms with Gasteiger partial charge in [-0.2, -0.15) is 5.26 Å². The number of nitrogens with one attached hydrogen (secondary N) is 1. The fourth-order valence-corrected chi connectivity index (χ4v) is 3.15. The minimum absolute atomic E-state index is 0.0607. The molecule has 148 valence electrons. The Labute approximate surface area is 175 Å². The van der Waals surface area contributed by atoms with Gasteiger partial charge in [0.25, 0.3) is 5.22 Å². The maximum atomic E-state index is 12.1. The third kappa shape index (κ3) is 4.99. The number of rotatable bonds is 7. The molecule has 1 aromatic heterocycles. The van der Waals surface area contributed by atoms with Crippen molar-refractivity contribution in [2.24, 2.45) is 0 Å². The van der Waals surface area contributed by atoms with E-state index in [2.05, 4.69) is 15.5 Å². The molecule has 0 aliphatic carbocycles. The number of hydrogen-bond donors (Lipinski definition) is 1. The smallest absolute Gasteiger partial charge is 0.277 e. The molecule has 0 bridgehead atoms. The molecular formula is C19H15ClN4O4S. The van der Waals surface area contributed by atoms with Crippen LogP contribution >= 0.6 is 23.4 Å². The van der Waals surface area contributed by atoms with E-state index in [9.17, 15) is 4.79 Å². The lowest BCUT2D eigenvalue weighted by atomic mass is 10.2. The second-order valence-electron chi connectivity index (χ2n) is 5.59. The van der Waals surface area contributed by atoms with Crippen LogP contribution in [-0.2, 0) is 4.79 Å². The minimum atomic E-state index is -0.276. The number of ether oxygens (including phenoxy) is 2. The molecule has 0 atom stereocenters. The van der Waals surface area contributed by atoms with Crippen LogP contribution in [0.15, 0.2) is 46.0 Å². The lowest BCUT2D eigenvalue weighted by molar-refractivity contribution is -0.113. The Hall–Kier alpha value is -3.22. The van der Waals surface area contributed by atoms with E-state index in [4.69, 9.17) is 30.8 Å². The van der Waals surface area contributed by atoms with Gasteiger partial charge in [0, 0.05) is 11.3 Å². The van der Waals surface area contributed by atoms with Crippen LogP contribution in [0.2, 0.25) is 5.02 Å². The zero-order valence-electron chi connectivity index (χ0n) is 15.4. The second kappa shape index (κ2) is 9.32. The van der Waals surface area contributed by atoms with E-state index < -0.39 is 0 Å². The van der Waals surface area contributed by atoms with Crippen LogP contribution in [0.25, 0.3) is 11.5 Å². The van der Waals surface area contributed by atoms with Crippen LogP contribution < -0.4 is 14.8 Å². The third-order valence-corrected chi connectivity index (χ3v) is 4.87. The molecule has 1 N–H and O–H groups in total. The molecular weight excluding hydrogens is 416 g/mol. The first-order valence-corrected chi connectivity index (χ1v) is 9.58. The fourth-order valence-electron chi connectivity index (χ4n) is 2.36. The van der Waals surface area contributed by atoms with Crippen molar-refractivity contribution in [2.45, 2.75) is 5.22 Å². The second-order valence-corrected chi connectivity index (χ2v) is 6.92. The number of halogens is 1. The molecule has 10 heteroatoms. The molecule has 0 fully saturated rings. The van der Waals surface area contributed by atoms with Crippen molar-refractivity contribution in [2.75, 3.05) is 25.3 Å². The van der Waals surface area contributed by atoms with Gasteiger partial charge in [-0.05, 0) is 36.4 Å². The molecule has 0 aliphatic heterocycles. The molecule has 2 aromatic carbocycles. The van der Waals surface area contributed by atoms with Crippen LogP contribution in [0.3, 0.4) is 0 Å². The van der Waals surface area contributed by atoms with E-state index in [-0.39, 0.29) is 21.9 Å². The Bertz CT molecular complexity index is 1080. The summed E-state index contributed by atoms with van der Waals surface area (Å²) < 4.78 is 16.1. The summed E-state index contributed by atoms with van der Waals surface area (Å²) in [5, 5.41) is 20.0. The summed E-state index contributed by atoms with van der Waals surface area (Å²) in [6.07, 6.45) is 0. The number of aromatic nitrogens is 2. The molecule has 1 amide bonds. The van der Waals surface area contributed by atoms with Gasteiger partial charge in [-0.3, -0.25) is 4.79 Å². The number of nitrogens with zero attached hydrogens (tertiary/aromatic N) is 3. The summed E-state index contributed by atoms with van der Waals surface area (Å²) in [4.78, 5) is 12.1. The quantitative estimate of drug-likeness (QED) is 0.560. The van der Waals surface area contributed by atoms with Crippen LogP contribution in [0.4, 0.5) is 5.69 Å². The van der Waals surface area contributed by atoms with E-state index in [1.807, 2.05) is 6.07 Å². The number of hydrogen-bond acceptors (Lipinski definition) is 8. The maximum Gasteiger partial charge on any atom is 0.277 e. The van der Waals surface area contributed by atoms with Gasteiger partial charge in [0.2, 0.25) is 11.8 Å². The van der Waals surface area contributed by atoms with E-state index >= 15 is 0 Å². The van der Waals surface area contributed by atoms with Crippen LogP contribution in [0.1, 0.15) is 5.56 Å². The van der Waals surface area contributed by atoms with Crippen LogP contribution in [0.5, 0.6) is 11.5 Å². The lowest BCUT2D eigenvalue weighted by Gasteiger charge is -2.07. The van der Waals surface area contributed by atoms with E-state index in [0.29, 0.717) is 34.2 Å². The molecule has 0 saturated carbocycles. The van der Waals surface area contributed by atoms with Crippen molar-refractivity contribution >= 4 is 35.0 Å². The minimum Gasteiger partial charge on any atom is -0.493 e. The average Bonchev–Trinajstić information content (AvgIpc) is 3.21. The Morgan fingerprint density at radius 1 is 1.21 bits per heavy atom. The highest BCUT2D eigenvalue weighted by Gasteiger charge is 2.14. The molecule has 1 heterocycles. The van der Waals surface area contributed by atoms with Crippen LogP contribution in [0, 0.1) is 11.3 Å². The SMILES string of the molecule is COc1ccc(-c2nnc(SCC(=O)Nc3ccc(C#N)c(Cl)c3)o2)cc1OC. The number of methoxy groups -OCH3 is 2. The first-order chi connectivity index (χ1) is 14.0. The molecule has 0 radical (unpaired) electrons. The number of thioether (sulfide) groups is 1. The monoisotopic (exact) mass is 430 g/mol. The van der Waals surface area contributed by atoms with Gasteiger partial charge in [-0.15, -0.1) is 10.2 Å². The van der Waals surface area contributed by atoms with E-state index in [1.54, 1.807) is 37.4 Å². The molecule has 3 rings (SSSR count). The zero-order valence-corrected chi connectivity index (χ0v) is 17.0. The molecule has 0 aliphatic rings. The standard InChI is InChI=1S/C19H15ClN4O4S/c1-26-15-6-4-11(7-16(15)27-2)18-23-24-19(28-18)29-10-17(25)22-13-5-3-12(9-21)14(20)8-13/h3-8H,10H2,1-2H3,(H,22,25). The fraction of sp³-hybridized carbons (Fsp3) is 0.158. The van der Waals surface area contributed by atoms with Crippen molar-refractivity contribution < 1.29 is 18.7 Å². The van der Waals surface area contributed by atoms with Gasteiger partial charge < -0.3 is 19.2 Å². The maximum absolute atomic E-state index is 12.1. The summed E-state index contributed by atoms with van der Waals surface area (Å²) in [5.41, 5.74) is 1.50. The van der Waals surface area contributed by atoms with E-state index in [0.717, 1.165) is 11.8 Å². The molecule has 0 unspecified atom stereocenters. The van der Waals surface area contributed by atoms with Gasteiger partial charge in [-0.1, -0.05) is 23.4 Å².